The Kier molecular flexibility index (Phi) is 3.73. The third kappa shape index (κ3) is 2.57. The molecule has 0 aromatic heterocycles. The first kappa shape index (κ1) is 9.77. The van der Waals surface area contributed by atoms with Crippen molar-refractivity contribution in [3.63, 3.8) is 0 Å². The van der Waals surface area contributed by atoms with Gasteiger partial charge in [0.1, 0.15) is 12.2 Å². The van der Waals surface area contributed by atoms with Crippen molar-refractivity contribution in [2.75, 3.05) is 0 Å². The Morgan fingerprint density at radius 3 is 2.50 bits per heavy atom. The Hall–Kier alpha value is -0.230. The van der Waals surface area contributed by atoms with E-state index in [1.807, 2.05) is 0 Å². The van der Waals surface area contributed by atoms with Gasteiger partial charge in [0.2, 0.25) is 4.33 Å². The van der Waals surface area contributed by atoms with Gasteiger partial charge in [-0.15, -0.1) is 0 Å². The van der Waals surface area contributed by atoms with Crippen LogP contribution in [0.2, 0.25) is 0 Å². The van der Waals surface area contributed by atoms with Gasteiger partial charge in [-0.05, 0) is 6.92 Å². The fraction of sp³-hybridized carbons (Fsp3) is 0.500. The lowest BCUT2D eigenvalue weighted by atomic mass is 10.2. The summed E-state index contributed by atoms with van der Waals surface area (Å²) in [5.74, 6) is 0. The van der Waals surface area contributed by atoms with Gasteiger partial charge in [0, 0.05) is 0 Å². The topological polar surface area (TPSA) is 44.0 Å². The summed E-state index contributed by atoms with van der Waals surface area (Å²) in [5.41, 5.74) is 0. The molecular formula is C6H7Cl2NO. The minimum atomic E-state index is -1.73. The van der Waals surface area contributed by atoms with Crippen LogP contribution in [0.4, 0.5) is 0 Å². The largest absolute Gasteiger partial charge is 0.385 e. The van der Waals surface area contributed by atoms with Crippen molar-refractivity contribution in [2.45, 2.75) is 17.4 Å². The Morgan fingerprint density at radius 1 is 1.70 bits per heavy atom. The molecule has 1 unspecified atom stereocenters. The third-order valence-corrected chi connectivity index (χ3v) is 1.51. The quantitative estimate of drug-likeness (QED) is 0.518. The zero-order valence-electron chi connectivity index (χ0n) is 5.38. The molecule has 0 radical (unpaired) electrons. The van der Waals surface area contributed by atoms with Crippen LogP contribution < -0.4 is 0 Å². The van der Waals surface area contributed by atoms with Gasteiger partial charge in [0.05, 0.1) is 0 Å². The third-order valence-electron chi connectivity index (χ3n) is 0.895. The Balaban J connectivity index is 4.21. The summed E-state index contributed by atoms with van der Waals surface area (Å²) < 4.78 is -1.73. The number of alkyl halides is 2. The maximum Gasteiger partial charge on any atom is 0.232 e. The maximum atomic E-state index is 9.00. The number of nitriles is 1. The molecule has 0 aliphatic rings. The molecule has 10 heavy (non-hydrogen) atoms. The minimum Gasteiger partial charge on any atom is -0.385 e. The van der Waals surface area contributed by atoms with Crippen molar-refractivity contribution in [1.82, 2.24) is 0 Å². The summed E-state index contributed by atoms with van der Waals surface area (Å²) in [5, 5.41) is 17.3. The number of aliphatic hydroxyl groups is 1. The number of halogens is 2. The van der Waals surface area contributed by atoms with Crippen LogP contribution in [0.1, 0.15) is 6.92 Å². The standard InChI is InChI=1S/C6H7Cl2NO/c1-2-3-5(10)6(7,8)4-9/h2-3,5,10H,1H3/b3-2+. The van der Waals surface area contributed by atoms with Crippen molar-refractivity contribution in [1.29, 1.82) is 5.26 Å². The van der Waals surface area contributed by atoms with Crippen molar-refractivity contribution < 1.29 is 5.11 Å². The molecule has 4 heteroatoms. The normalized spacial score (nSPS) is 15.1. The van der Waals surface area contributed by atoms with Crippen LogP contribution in [-0.4, -0.2) is 15.5 Å². The van der Waals surface area contributed by atoms with E-state index in [1.165, 1.54) is 6.08 Å². The van der Waals surface area contributed by atoms with Crippen LogP contribution in [0.3, 0.4) is 0 Å². The lowest BCUT2D eigenvalue weighted by Crippen LogP contribution is -2.27. The molecule has 0 saturated heterocycles. The van der Waals surface area contributed by atoms with Crippen molar-refractivity contribution in [3.05, 3.63) is 12.2 Å². The number of allylic oxidation sites excluding steroid dienone is 1. The highest BCUT2D eigenvalue weighted by Crippen LogP contribution is 2.24. The second kappa shape index (κ2) is 3.82. The predicted octanol–water partition coefficient (Wildman–Crippen LogP) is 1.62. The van der Waals surface area contributed by atoms with Crippen LogP contribution in [0.25, 0.3) is 0 Å². The fourth-order valence-corrected chi connectivity index (χ4v) is 0.515. The summed E-state index contributed by atoms with van der Waals surface area (Å²) in [6.07, 6.45) is 1.79. The average Bonchev–Trinajstić information content (AvgIpc) is 1.89. The average molecular weight is 180 g/mol. The number of aliphatic hydroxyl groups excluding tert-OH is 1. The molecule has 0 rings (SSSR count). The first-order valence-electron chi connectivity index (χ1n) is 2.64. The van der Waals surface area contributed by atoms with Crippen LogP contribution in [0, 0.1) is 11.3 Å². The summed E-state index contributed by atoms with van der Waals surface area (Å²) in [6.45, 7) is 1.70. The number of nitrogens with zero attached hydrogens (tertiary/aromatic N) is 1. The van der Waals surface area contributed by atoms with Gasteiger partial charge in [-0.1, -0.05) is 35.4 Å². The Bertz CT molecular complexity index is 171. The van der Waals surface area contributed by atoms with Gasteiger partial charge in [0.15, 0.2) is 0 Å². The predicted molar refractivity (Wildman–Crippen MR) is 40.9 cm³/mol. The number of hydrogen-bond acceptors (Lipinski definition) is 2. The van der Waals surface area contributed by atoms with E-state index in [2.05, 4.69) is 0 Å². The van der Waals surface area contributed by atoms with Gasteiger partial charge >= 0.3 is 0 Å². The summed E-state index contributed by atoms with van der Waals surface area (Å²) >= 11 is 10.7. The van der Waals surface area contributed by atoms with Crippen LogP contribution in [0.15, 0.2) is 12.2 Å². The molecule has 0 aliphatic heterocycles. The Labute approximate surface area is 69.7 Å². The highest BCUT2D eigenvalue weighted by molar-refractivity contribution is 6.51. The molecule has 0 spiro atoms. The van der Waals surface area contributed by atoms with Gasteiger partial charge < -0.3 is 5.11 Å². The molecule has 56 valence electrons. The van der Waals surface area contributed by atoms with Crippen LogP contribution in [-0.2, 0) is 0 Å². The molecule has 0 saturated carbocycles. The molecule has 0 aromatic rings. The van der Waals surface area contributed by atoms with Crippen molar-refractivity contribution in [3.8, 4) is 6.07 Å². The van der Waals surface area contributed by atoms with Crippen molar-refractivity contribution in [2.24, 2.45) is 0 Å². The lowest BCUT2D eigenvalue weighted by Gasteiger charge is -2.13. The van der Waals surface area contributed by atoms with Gasteiger partial charge in [-0.25, -0.2) is 0 Å². The summed E-state index contributed by atoms with van der Waals surface area (Å²) in [6, 6.07) is 1.56. The van der Waals surface area contributed by atoms with Gasteiger partial charge in [0.25, 0.3) is 0 Å². The van der Waals surface area contributed by atoms with E-state index in [1.54, 1.807) is 19.1 Å². The van der Waals surface area contributed by atoms with E-state index >= 15 is 0 Å². The van der Waals surface area contributed by atoms with Gasteiger partial charge in [-0.2, -0.15) is 5.26 Å². The highest BCUT2D eigenvalue weighted by atomic mass is 35.5. The molecule has 0 fully saturated rings. The zero-order valence-corrected chi connectivity index (χ0v) is 6.89. The molecule has 0 aliphatic carbocycles. The van der Waals surface area contributed by atoms with E-state index in [4.69, 9.17) is 33.6 Å². The molecule has 2 nitrogen and oxygen atoms in total. The SMILES string of the molecule is C/C=C/C(O)C(Cl)(Cl)C#N. The summed E-state index contributed by atoms with van der Waals surface area (Å²) in [4.78, 5) is 0. The molecule has 0 heterocycles. The first-order valence-corrected chi connectivity index (χ1v) is 3.40. The van der Waals surface area contributed by atoms with Gasteiger partial charge in [-0.3, -0.25) is 0 Å². The maximum absolute atomic E-state index is 9.00. The van der Waals surface area contributed by atoms with E-state index in [0.717, 1.165) is 0 Å². The zero-order chi connectivity index (χ0) is 8.20. The van der Waals surface area contributed by atoms with Crippen LogP contribution in [0.5, 0.6) is 0 Å². The molecule has 1 N–H and O–H groups in total. The highest BCUT2D eigenvalue weighted by Gasteiger charge is 2.31. The smallest absolute Gasteiger partial charge is 0.232 e. The van der Waals surface area contributed by atoms with Crippen molar-refractivity contribution >= 4 is 23.2 Å². The van der Waals surface area contributed by atoms with E-state index in [0.29, 0.717) is 0 Å². The number of hydrogen-bond donors (Lipinski definition) is 1. The molecular weight excluding hydrogens is 173 g/mol. The summed E-state index contributed by atoms with van der Waals surface area (Å²) in [7, 11) is 0. The molecule has 0 bridgehead atoms. The second-order valence-electron chi connectivity index (χ2n) is 1.71. The van der Waals surface area contributed by atoms with E-state index in [-0.39, 0.29) is 0 Å². The van der Waals surface area contributed by atoms with E-state index in [9.17, 15) is 0 Å². The fourth-order valence-electron chi connectivity index (χ4n) is 0.369. The molecule has 0 amide bonds. The number of rotatable bonds is 2. The first-order chi connectivity index (χ1) is 4.54. The molecule has 0 aromatic carbocycles. The second-order valence-corrected chi connectivity index (χ2v) is 3.09. The Morgan fingerprint density at radius 2 is 2.20 bits per heavy atom. The molecule has 1 atom stereocenters. The minimum absolute atomic E-state index is 1.13. The van der Waals surface area contributed by atoms with Crippen LogP contribution >= 0.6 is 23.2 Å². The van der Waals surface area contributed by atoms with E-state index < -0.39 is 10.4 Å². The monoisotopic (exact) mass is 179 g/mol. The lowest BCUT2D eigenvalue weighted by molar-refractivity contribution is 0.220.